The number of aromatic nitrogens is 2. The van der Waals surface area contributed by atoms with Gasteiger partial charge in [-0.3, -0.25) is 9.48 Å². The van der Waals surface area contributed by atoms with Gasteiger partial charge in [-0.2, -0.15) is 5.10 Å². The van der Waals surface area contributed by atoms with E-state index in [0.717, 1.165) is 39.0 Å². The van der Waals surface area contributed by atoms with Crippen LogP contribution in [-0.2, 0) is 6.54 Å². The number of carbonyl (C=O) groups is 1. The van der Waals surface area contributed by atoms with E-state index in [1.54, 1.807) is 10.9 Å². The summed E-state index contributed by atoms with van der Waals surface area (Å²) in [5.74, 6) is -0.183. The molecule has 0 spiro atoms. The van der Waals surface area contributed by atoms with Gasteiger partial charge in [0.05, 0.1) is 5.69 Å². The van der Waals surface area contributed by atoms with Crippen LogP contribution in [-0.4, -0.2) is 46.8 Å². The van der Waals surface area contributed by atoms with Crippen LogP contribution in [0, 0.1) is 0 Å². The zero-order chi connectivity index (χ0) is 15.0. The number of hydrogen-bond acceptors (Lipinski definition) is 4. The van der Waals surface area contributed by atoms with E-state index in [2.05, 4.69) is 36.1 Å². The van der Waals surface area contributed by atoms with Crippen LogP contribution in [0.3, 0.4) is 0 Å². The number of rotatable bonds is 9. The molecule has 3 N–H and O–H groups in total. The lowest BCUT2D eigenvalue weighted by atomic mass is 10.3. The van der Waals surface area contributed by atoms with Crippen molar-refractivity contribution in [2.24, 2.45) is 0 Å². The summed E-state index contributed by atoms with van der Waals surface area (Å²) in [6.07, 6.45) is 3.61. The van der Waals surface area contributed by atoms with Gasteiger partial charge in [0, 0.05) is 19.3 Å². The maximum Gasteiger partial charge on any atom is 0.273 e. The Kier molecular flexibility index (Phi) is 7.08. The summed E-state index contributed by atoms with van der Waals surface area (Å²) >= 11 is 0. The van der Waals surface area contributed by atoms with Gasteiger partial charge in [0.1, 0.15) is 0 Å². The quantitative estimate of drug-likeness (QED) is 0.670. The second kappa shape index (κ2) is 8.58. The molecule has 0 aliphatic heterocycles. The third kappa shape index (κ3) is 4.85. The number of carbonyl (C=O) groups excluding carboxylic acids is 1. The first-order valence-corrected chi connectivity index (χ1v) is 7.45. The smallest absolute Gasteiger partial charge is 0.273 e. The number of hydrogen-bond donors (Lipinski definition) is 2. The molecule has 1 amide bonds. The largest absolute Gasteiger partial charge is 0.396 e. The van der Waals surface area contributed by atoms with Gasteiger partial charge in [-0.1, -0.05) is 20.8 Å². The van der Waals surface area contributed by atoms with Crippen LogP contribution >= 0.6 is 0 Å². The molecular weight excluding hydrogens is 254 g/mol. The van der Waals surface area contributed by atoms with Gasteiger partial charge in [-0.05, 0) is 32.5 Å². The molecular formula is C14H27N5O. The van der Waals surface area contributed by atoms with E-state index < -0.39 is 0 Å². The van der Waals surface area contributed by atoms with E-state index in [-0.39, 0.29) is 5.91 Å². The van der Waals surface area contributed by atoms with Crippen LogP contribution in [0.4, 0.5) is 5.69 Å². The van der Waals surface area contributed by atoms with E-state index in [1.807, 2.05) is 0 Å². The van der Waals surface area contributed by atoms with Crippen molar-refractivity contribution < 1.29 is 4.79 Å². The Bertz CT molecular complexity index is 412. The molecule has 6 heteroatoms. The first-order valence-electron chi connectivity index (χ1n) is 7.45. The molecule has 0 aliphatic rings. The molecule has 0 aromatic carbocycles. The Labute approximate surface area is 121 Å². The number of anilines is 1. The van der Waals surface area contributed by atoms with Gasteiger partial charge in [0.2, 0.25) is 0 Å². The Hall–Kier alpha value is -1.56. The standard InChI is InChI=1S/C14H27N5O/c1-4-9-19-11-12(15)13(17-19)14(20)16-8-7-10-18(5-2)6-3/h11H,4-10,15H2,1-3H3,(H,16,20). The molecule has 0 atom stereocenters. The predicted molar refractivity (Wildman–Crippen MR) is 81.7 cm³/mol. The van der Waals surface area contributed by atoms with Crippen molar-refractivity contribution in [2.45, 2.75) is 40.2 Å². The molecule has 1 rings (SSSR count). The molecule has 1 heterocycles. The SMILES string of the molecule is CCCn1cc(N)c(C(=O)NCCCN(CC)CC)n1. The highest BCUT2D eigenvalue weighted by Gasteiger charge is 2.14. The van der Waals surface area contributed by atoms with Crippen molar-refractivity contribution in [2.75, 3.05) is 31.9 Å². The molecule has 1 aromatic rings. The van der Waals surface area contributed by atoms with Crippen molar-refractivity contribution in [1.82, 2.24) is 20.0 Å². The predicted octanol–water partition coefficient (Wildman–Crippen LogP) is 1.34. The first kappa shape index (κ1) is 16.5. The molecule has 114 valence electrons. The minimum atomic E-state index is -0.183. The van der Waals surface area contributed by atoms with Crippen LogP contribution in [0.25, 0.3) is 0 Å². The molecule has 0 saturated carbocycles. The number of nitrogens with two attached hydrogens (primary N) is 1. The molecule has 6 nitrogen and oxygen atoms in total. The molecule has 0 saturated heterocycles. The molecule has 0 aliphatic carbocycles. The van der Waals surface area contributed by atoms with Gasteiger partial charge < -0.3 is 16.0 Å². The summed E-state index contributed by atoms with van der Waals surface area (Å²) < 4.78 is 1.72. The fourth-order valence-corrected chi connectivity index (χ4v) is 2.09. The lowest BCUT2D eigenvalue weighted by Crippen LogP contribution is -2.30. The second-order valence-electron chi connectivity index (χ2n) is 4.83. The van der Waals surface area contributed by atoms with Crippen LogP contribution in [0.5, 0.6) is 0 Å². The Morgan fingerprint density at radius 1 is 1.40 bits per heavy atom. The van der Waals surface area contributed by atoms with Gasteiger partial charge in [0.25, 0.3) is 5.91 Å². The number of nitrogens with one attached hydrogen (secondary N) is 1. The Morgan fingerprint density at radius 3 is 2.70 bits per heavy atom. The monoisotopic (exact) mass is 281 g/mol. The second-order valence-corrected chi connectivity index (χ2v) is 4.83. The maximum absolute atomic E-state index is 12.0. The van der Waals surface area contributed by atoms with Crippen LogP contribution in [0.15, 0.2) is 6.20 Å². The molecule has 0 fully saturated rings. The maximum atomic E-state index is 12.0. The van der Waals surface area contributed by atoms with Crippen molar-refractivity contribution in [1.29, 1.82) is 0 Å². The fourth-order valence-electron chi connectivity index (χ4n) is 2.09. The zero-order valence-electron chi connectivity index (χ0n) is 12.9. The summed E-state index contributed by atoms with van der Waals surface area (Å²) in [4.78, 5) is 14.3. The van der Waals surface area contributed by atoms with E-state index in [0.29, 0.717) is 17.9 Å². The first-order chi connectivity index (χ1) is 9.62. The topological polar surface area (TPSA) is 76.2 Å². The van der Waals surface area contributed by atoms with Gasteiger partial charge in [-0.25, -0.2) is 0 Å². The summed E-state index contributed by atoms with van der Waals surface area (Å²) in [6.45, 7) is 10.8. The number of amides is 1. The highest BCUT2D eigenvalue weighted by atomic mass is 16.1. The number of nitrogen functional groups attached to an aromatic ring is 1. The van der Waals surface area contributed by atoms with Crippen molar-refractivity contribution >= 4 is 11.6 Å². The van der Waals surface area contributed by atoms with E-state index in [4.69, 9.17) is 5.73 Å². The Morgan fingerprint density at radius 2 is 2.10 bits per heavy atom. The zero-order valence-corrected chi connectivity index (χ0v) is 12.9. The van der Waals surface area contributed by atoms with Gasteiger partial charge in [-0.15, -0.1) is 0 Å². The summed E-state index contributed by atoms with van der Waals surface area (Å²) in [5.41, 5.74) is 6.59. The average molecular weight is 281 g/mol. The molecule has 20 heavy (non-hydrogen) atoms. The van der Waals surface area contributed by atoms with Crippen LogP contribution in [0.2, 0.25) is 0 Å². The lowest BCUT2D eigenvalue weighted by Gasteiger charge is -2.17. The third-order valence-corrected chi connectivity index (χ3v) is 3.29. The average Bonchev–Trinajstić information content (AvgIpc) is 2.80. The van der Waals surface area contributed by atoms with E-state index in [1.165, 1.54) is 0 Å². The minimum absolute atomic E-state index is 0.183. The molecule has 0 bridgehead atoms. The van der Waals surface area contributed by atoms with Crippen molar-refractivity contribution in [3.8, 4) is 0 Å². The lowest BCUT2D eigenvalue weighted by molar-refractivity contribution is 0.0947. The Balaban J connectivity index is 2.39. The summed E-state index contributed by atoms with van der Waals surface area (Å²) in [5, 5.41) is 7.09. The highest BCUT2D eigenvalue weighted by Crippen LogP contribution is 2.09. The van der Waals surface area contributed by atoms with E-state index in [9.17, 15) is 4.79 Å². The summed E-state index contributed by atoms with van der Waals surface area (Å²) in [7, 11) is 0. The highest BCUT2D eigenvalue weighted by molar-refractivity contribution is 5.96. The van der Waals surface area contributed by atoms with Gasteiger partial charge in [0.15, 0.2) is 5.69 Å². The molecule has 0 unspecified atom stereocenters. The van der Waals surface area contributed by atoms with E-state index >= 15 is 0 Å². The number of nitrogens with zero attached hydrogens (tertiary/aromatic N) is 3. The van der Waals surface area contributed by atoms with Crippen LogP contribution in [0.1, 0.15) is 44.1 Å². The fraction of sp³-hybridized carbons (Fsp3) is 0.714. The number of aryl methyl sites for hydroxylation is 1. The molecule has 1 aromatic heterocycles. The van der Waals surface area contributed by atoms with Crippen molar-refractivity contribution in [3.63, 3.8) is 0 Å². The molecule has 0 radical (unpaired) electrons. The van der Waals surface area contributed by atoms with Crippen LogP contribution < -0.4 is 11.1 Å². The van der Waals surface area contributed by atoms with Gasteiger partial charge >= 0.3 is 0 Å². The van der Waals surface area contributed by atoms with Crippen molar-refractivity contribution in [3.05, 3.63) is 11.9 Å². The normalized spacial score (nSPS) is 11.0. The third-order valence-electron chi connectivity index (χ3n) is 3.29. The summed E-state index contributed by atoms with van der Waals surface area (Å²) in [6, 6.07) is 0. The minimum Gasteiger partial charge on any atom is -0.396 e.